The van der Waals surface area contributed by atoms with Gasteiger partial charge in [-0.15, -0.1) is 0 Å². The molecule has 0 amide bonds. The van der Waals surface area contributed by atoms with Crippen molar-refractivity contribution >= 4 is 22.6 Å². The second-order valence-electron chi connectivity index (χ2n) is 5.00. The van der Waals surface area contributed by atoms with Crippen molar-refractivity contribution in [2.24, 2.45) is 5.73 Å². The van der Waals surface area contributed by atoms with Crippen molar-refractivity contribution in [2.45, 2.75) is 25.5 Å². The van der Waals surface area contributed by atoms with Gasteiger partial charge in [0.25, 0.3) is 0 Å². The molecule has 0 spiro atoms. The van der Waals surface area contributed by atoms with Gasteiger partial charge in [-0.05, 0) is 58.3 Å². The SMILES string of the molecule is CC1Cc2cc(C(N)c3ccccc3I)ccc2O1. The molecule has 2 aromatic carbocycles. The molecule has 2 N–H and O–H groups in total. The molecule has 2 atom stereocenters. The normalized spacial score (nSPS) is 18.8. The molecule has 2 aromatic rings. The highest BCUT2D eigenvalue weighted by Crippen LogP contribution is 2.32. The first-order chi connectivity index (χ1) is 9.15. The fourth-order valence-electron chi connectivity index (χ4n) is 2.54. The molecular weight excluding hydrogens is 349 g/mol. The Morgan fingerprint density at radius 1 is 1.26 bits per heavy atom. The second-order valence-corrected chi connectivity index (χ2v) is 6.16. The molecule has 98 valence electrons. The molecule has 3 heteroatoms. The van der Waals surface area contributed by atoms with E-state index in [1.165, 1.54) is 14.7 Å². The lowest BCUT2D eigenvalue weighted by atomic mass is 9.97. The smallest absolute Gasteiger partial charge is 0.123 e. The van der Waals surface area contributed by atoms with Crippen LogP contribution in [0, 0.1) is 3.57 Å². The first-order valence-corrected chi connectivity index (χ1v) is 7.52. The van der Waals surface area contributed by atoms with E-state index in [-0.39, 0.29) is 12.1 Å². The standard InChI is InChI=1S/C16H16INO/c1-10-8-12-9-11(6-7-15(12)19-10)16(18)13-4-2-3-5-14(13)17/h2-7,9-10,16H,8,18H2,1H3. The zero-order valence-corrected chi connectivity index (χ0v) is 12.9. The average Bonchev–Trinajstić information content (AvgIpc) is 2.77. The van der Waals surface area contributed by atoms with Gasteiger partial charge in [0.1, 0.15) is 11.9 Å². The monoisotopic (exact) mass is 365 g/mol. The fourth-order valence-corrected chi connectivity index (χ4v) is 3.27. The third-order valence-electron chi connectivity index (χ3n) is 3.52. The zero-order valence-electron chi connectivity index (χ0n) is 10.8. The van der Waals surface area contributed by atoms with Gasteiger partial charge >= 0.3 is 0 Å². The number of rotatable bonds is 2. The van der Waals surface area contributed by atoms with Gasteiger partial charge in [0.15, 0.2) is 0 Å². The van der Waals surface area contributed by atoms with Gasteiger partial charge in [0.2, 0.25) is 0 Å². The Morgan fingerprint density at radius 3 is 2.84 bits per heavy atom. The maximum absolute atomic E-state index is 6.40. The third-order valence-corrected chi connectivity index (χ3v) is 4.50. The summed E-state index contributed by atoms with van der Waals surface area (Å²) >= 11 is 2.34. The summed E-state index contributed by atoms with van der Waals surface area (Å²) < 4.78 is 6.93. The maximum Gasteiger partial charge on any atom is 0.123 e. The van der Waals surface area contributed by atoms with Crippen LogP contribution in [0.4, 0.5) is 0 Å². The van der Waals surface area contributed by atoms with Crippen molar-refractivity contribution in [1.82, 2.24) is 0 Å². The van der Waals surface area contributed by atoms with Crippen LogP contribution in [0.5, 0.6) is 5.75 Å². The van der Waals surface area contributed by atoms with Gasteiger partial charge in [-0.1, -0.05) is 30.3 Å². The Kier molecular flexibility index (Phi) is 3.50. The molecule has 2 unspecified atom stereocenters. The summed E-state index contributed by atoms with van der Waals surface area (Å²) in [6.45, 7) is 2.10. The largest absolute Gasteiger partial charge is 0.490 e. The van der Waals surface area contributed by atoms with Crippen molar-refractivity contribution in [1.29, 1.82) is 0 Å². The van der Waals surface area contributed by atoms with E-state index in [9.17, 15) is 0 Å². The summed E-state index contributed by atoms with van der Waals surface area (Å²) in [6.07, 6.45) is 1.25. The summed E-state index contributed by atoms with van der Waals surface area (Å²) in [4.78, 5) is 0. The van der Waals surface area contributed by atoms with Crippen LogP contribution in [0.15, 0.2) is 42.5 Å². The van der Waals surface area contributed by atoms with E-state index in [1.54, 1.807) is 0 Å². The summed E-state index contributed by atoms with van der Waals surface area (Å²) in [6, 6.07) is 14.5. The van der Waals surface area contributed by atoms with Gasteiger partial charge in [-0.25, -0.2) is 0 Å². The van der Waals surface area contributed by atoms with Crippen LogP contribution in [0.1, 0.15) is 29.7 Å². The zero-order chi connectivity index (χ0) is 13.4. The highest BCUT2D eigenvalue weighted by Gasteiger charge is 2.21. The molecule has 0 bridgehead atoms. The number of hydrogen-bond acceptors (Lipinski definition) is 2. The molecule has 0 saturated heterocycles. The number of nitrogens with two attached hydrogens (primary N) is 1. The number of fused-ring (bicyclic) bond motifs is 1. The Bertz CT molecular complexity index is 611. The van der Waals surface area contributed by atoms with Crippen LogP contribution in [0.2, 0.25) is 0 Å². The maximum atomic E-state index is 6.40. The average molecular weight is 365 g/mol. The molecule has 19 heavy (non-hydrogen) atoms. The summed E-state index contributed by atoms with van der Waals surface area (Å²) in [5.41, 5.74) is 10.00. The molecule has 0 fully saturated rings. The summed E-state index contributed by atoms with van der Waals surface area (Å²) in [7, 11) is 0. The molecular formula is C16H16INO. The van der Waals surface area contributed by atoms with Crippen molar-refractivity contribution in [2.75, 3.05) is 0 Å². The lowest BCUT2D eigenvalue weighted by Gasteiger charge is -2.15. The van der Waals surface area contributed by atoms with Crippen LogP contribution in [-0.4, -0.2) is 6.10 Å². The van der Waals surface area contributed by atoms with E-state index in [1.807, 2.05) is 18.2 Å². The molecule has 0 radical (unpaired) electrons. The van der Waals surface area contributed by atoms with Gasteiger partial charge in [-0.2, -0.15) is 0 Å². The molecule has 2 nitrogen and oxygen atoms in total. The van der Waals surface area contributed by atoms with E-state index >= 15 is 0 Å². The van der Waals surface area contributed by atoms with E-state index in [2.05, 4.69) is 53.8 Å². The Hall–Kier alpha value is -1.07. The highest BCUT2D eigenvalue weighted by molar-refractivity contribution is 14.1. The number of benzene rings is 2. The van der Waals surface area contributed by atoms with E-state index in [4.69, 9.17) is 10.5 Å². The van der Waals surface area contributed by atoms with Crippen LogP contribution in [0.3, 0.4) is 0 Å². The lowest BCUT2D eigenvalue weighted by Crippen LogP contribution is -2.13. The summed E-state index contributed by atoms with van der Waals surface area (Å²) in [5, 5.41) is 0. The number of hydrogen-bond donors (Lipinski definition) is 1. The topological polar surface area (TPSA) is 35.2 Å². The molecule has 1 heterocycles. The fraction of sp³-hybridized carbons (Fsp3) is 0.250. The minimum atomic E-state index is -0.0747. The van der Waals surface area contributed by atoms with Crippen molar-refractivity contribution in [3.05, 3.63) is 62.7 Å². The van der Waals surface area contributed by atoms with Crippen LogP contribution in [-0.2, 0) is 6.42 Å². The summed E-state index contributed by atoms with van der Waals surface area (Å²) in [5.74, 6) is 1.01. The number of halogens is 1. The first-order valence-electron chi connectivity index (χ1n) is 6.44. The quantitative estimate of drug-likeness (QED) is 0.825. The lowest BCUT2D eigenvalue weighted by molar-refractivity contribution is 0.254. The minimum Gasteiger partial charge on any atom is -0.490 e. The Labute approximate surface area is 127 Å². The molecule has 1 aliphatic rings. The van der Waals surface area contributed by atoms with Crippen molar-refractivity contribution in [3.8, 4) is 5.75 Å². The van der Waals surface area contributed by atoms with Crippen molar-refractivity contribution in [3.63, 3.8) is 0 Å². The van der Waals surface area contributed by atoms with Gasteiger partial charge < -0.3 is 10.5 Å². The molecule has 1 aliphatic heterocycles. The van der Waals surface area contributed by atoms with Crippen molar-refractivity contribution < 1.29 is 4.74 Å². The van der Waals surface area contributed by atoms with Gasteiger partial charge in [-0.3, -0.25) is 0 Å². The predicted molar refractivity (Wildman–Crippen MR) is 85.4 cm³/mol. The van der Waals surface area contributed by atoms with Crippen LogP contribution in [0.25, 0.3) is 0 Å². The predicted octanol–water partition coefficient (Wildman–Crippen LogP) is 3.66. The first kappa shape index (κ1) is 12.9. The van der Waals surface area contributed by atoms with Gasteiger partial charge in [0, 0.05) is 9.99 Å². The molecule has 0 aromatic heterocycles. The highest BCUT2D eigenvalue weighted by atomic mass is 127. The minimum absolute atomic E-state index is 0.0747. The molecule has 0 aliphatic carbocycles. The number of ether oxygens (including phenoxy) is 1. The van der Waals surface area contributed by atoms with Crippen LogP contribution >= 0.6 is 22.6 Å². The molecule has 0 saturated carbocycles. The molecule has 3 rings (SSSR count). The second kappa shape index (κ2) is 5.13. The van der Waals surface area contributed by atoms with E-state index < -0.39 is 0 Å². The van der Waals surface area contributed by atoms with Gasteiger partial charge in [0.05, 0.1) is 6.04 Å². The Balaban J connectivity index is 1.95. The van der Waals surface area contributed by atoms with E-state index in [0.717, 1.165) is 17.7 Å². The third kappa shape index (κ3) is 2.49. The van der Waals surface area contributed by atoms with E-state index in [0.29, 0.717) is 0 Å². The van der Waals surface area contributed by atoms with Crippen LogP contribution < -0.4 is 10.5 Å². The Morgan fingerprint density at radius 2 is 2.05 bits per heavy atom.